The van der Waals surface area contributed by atoms with Gasteiger partial charge in [-0.1, -0.05) is 17.8 Å². The normalized spacial score (nSPS) is 21.5. The van der Waals surface area contributed by atoms with Crippen LogP contribution in [-0.4, -0.2) is 45.3 Å². The number of carbonyl (C=O) groups is 3. The van der Waals surface area contributed by atoms with Gasteiger partial charge in [0.05, 0.1) is 17.3 Å². The highest BCUT2D eigenvalue weighted by molar-refractivity contribution is 8.14. The summed E-state index contributed by atoms with van der Waals surface area (Å²) in [6.45, 7) is 2.05. The number of nitrogens with zero attached hydrogens (tertiary/aromatic N) is 1. The number of aromatic carboxylic acids is 1. The molecule has 1 aromatic carbocycles. The number of rotatable bonds is 6. The molecule has 1 heterocycles. The van der Waals surface area contributed by atoms with E-state index in [-0.39, 0.29) is 22.0 Å². The number of thioether (sulfide) groups is 1. The molecule has 0 spiro atoms. The molecule has 2 atom stereocenters. The largest absolute Gasteiger partial charge is 0.478 e. The topological polar surface area (TPSA) is 98.7 Å². The van der Waals surface area contributed by atoms with Gasteiger partial charge in [-0.2, -0.15) is 5.53 Å². The average Bonchev–Trinajstić information content (AvgIpc) is 2.86. The van der Waals surface area contributed by atoms with Gasteiger partial charge in [0.2, 0.25) is 0 Å². The third kappa shape index (κ3) is 4.30. The maximum absolute atomic E-state index is 11.1. The number of carboxylic acids is 1. The van der Waals surface area contributed by atoms with Crippen LogP contribution in [0.3, 0.4) is 0 Å². The lowest BCUT2D eigenvalue weighted by molar-refractivity contribution is -0.112. The molecular weight excluding hydrogens is 306 g/mol. The van der Waals surface area contributed by atoms with Crippen molar-refractivity contribution in [2.24, 2.45) is 0 Å². The molecule has 2 rings (SSSR count). The van der Waals surface area contributed by atoms with Crippen LogP contribution in [0.4, 0.5) is 5.69 Å². The van der Waals surface area contributed by atoms with Crippen LogP contribution in [-0.2, 0) is 9.59 Å². The lowest BCUT2D eigenvalue weighted by Crippen LogP contribution is -2.45. The molecule has 0 bridgehead atoms. The highest BCUT2D eigenvalue weighted by atomic mass is 32.2. The van der Waals surface area contributed by atoms with Gasteiger partial charge >= 0.3 is 5.97 Å². The van der Waals surface area contributed by atoms with E-state index in [1.54, 1.807) is 17.1 Å². The Labute approximate surface area is 132 Å². The van der Waals surface area contributed by atoms with Gasteiger partial charge in [-0.25, -0.2) is 9.80 Å². The molecule has 0 unspecified atom stereocenters. The van der Waals surface area contributed by atoms with Crippen molar-refractivity contribution >= 4 is 34.8 Å². The zero-order chi connectivity index (χ0) is 16.1. The predicted molar refractivity (Wildman–Crippen MR) is 83.4 cm³/mol. The van der Waals surface area contributed by atoms with Crippen molar-refractivity contribution < 1.29 is 19.5 Å². The Morgan fingerprint density at radius 2 is 2.23 bits per heavy atom. The zero-order valence-corrected chi connectivity index (χ0v) is 12.8. The Morgan fingerprint density at radius 3 is 2.86 bits per heavy atom. The van der Waals surface area contributed by atoms with Crippen LogP contribution in [0, 0.1) is 0 Å². The Bertz CT molecular complexity index is 581. The van der Waals surface area contributed by atoms with Crippen molar-refractivity contribution in [1.82, 2.24) is 10.5 Å². The monoisotopic (exact) mass is 323 g/mol. The summed E-state index contributed by atoms with van der Waals surface area (Å²) in [4.78, 5) is 33.2. The van der Waals surface area contributed by atoms with Crippen molar-refractivity contribution in [2.45, 2.75) is 24.6 Å². The fourth-order valence-corrected chi connectivity index (χ4v) is 3.27. The summed E-state index contributed by atoms with van der Waals surface area (Å²) in [6, 6.07) is 6.00. The Morgan fingerprint density at radius 1 is 1.45 bits per heavy atom. The number of carbonyl (C=O) groups excluding carboxylic acids is 2. The minimum absolute atomic E-state index is 0.0265. The fraction of sp³-hybridized carbons (Fsp3) is 0.357. The molecule has 0 aromatic heterocycles. The van der Waals surface area contributed by atoms with Gasteiger partial charge in [-0.15, -0.1) is 0 Å². The van der Waals surface area contributed by atoms with Crippen molar-refractivity contribution in [2.75, 3.05) is 12.0 Å². The highest BCUT2D eigenvalue weighted by Gasteiger charge is 2.33. The second-order valence-corrected chi connectivity index (χ2v) is 6.42. The standard InChI is InChI=1S/C14H17N3O4S/c1-9(19)22-13-6-12(8-18)17(7-13)16-15-11-4-2-3-10(5-11)14(20)21/h2-5,8,12-13,15-16H,6-7H2,1H3,(H,20,21)/t12-,13-/m0/s1. The summed E-state index contributed by atoms with van der Waals surface area (Å²) < 4.78 is 0. The maximum atomic E-state index is 11.1. The van der Waals surface area contributed by atoms with Gasteiger partial charge in [-0.05, 0) is 24.6 Å². The molecule has 3 N–H and O–H groups in total. The first kappa shape index (κ1) is 16.5. The van der Waals surface area contributed by atoms with Crippen LogP contribution in [0.15, 0.2) is 24.3 Å². The number of anilines is 1. The summed E-state index contributed by atoms with van der Waals surface area (Å²) in [5.41, 5.74) is 6.53. The minimum Gasteiger partial charge on any atom is -0.478 e. The number of carboxylic acid groups (broad SMARTS) is 1. The molecule has 0 radical (unpaired) electrons. The number of hydrogen-bond donors (Lipinski definition) is 3. The van der Waals surface area contributed by atoms with Crippen LogP contribution in [0.2, 0.25) is 0 Å². The first-order valence-electron chi connectivity index (χ1n) is 6.73. The van der Waals surface area contributed by atoms with E-state index in [2.05, 4.69) is 11.0 Å². The van der Waals surface area contributed by atoms with E-state index < -0.39 is 5.97 Å². The molecule has 118 valence electrons. The lowest BCUT2D eigenvalue weighted by Gasteiger charge is -2.22. The van der Waals surface area contributed by atoms with Gasteiger partial charge in [0.15, 0.2) is 5.12 Å². The van der Waals surface area contributed by atoms with Crippen LogP contribution in [0.1, 0.15) is 23.7 Å². The summed E-state index contributed by atoms with van der Waals surface area (Å²) >= 11 is 1.23. The maximum Gasteiger partial charge on any atom is 0.335 e. The number of aldehydes is 1. The zero-order valence-electron chi connectivity index (χ0n) is 12.0. The average molecular weight is 323 g/mol. The molecule has 1 aliphatic heterocycles. The van der Waals surface area contributed by atoms with E-state index in [0.29, 0.717) is 18.7 Å². The summed E-state index contributed by atoms with van der Waals surface area (Å²) in [5.74, 6) is -1.01. The molecule has 22 heavy (non-hydrogen) atoms. The quantitative estimate of drug-likeness (QED) is 0.529. The molecule has 1 fully saturated rings. The van der Waals surface area contributed by atoms with E-state index in [0.717, 1.165) is 6.29 Å². The van der Waals surface area contributed by atoms with Crippen LogP contribution in [0.25, 0.3) is 0 Å². The van der Waals surface area contributed by atoms with Crippen molar-refractivity contribution in [3.63, 3.8) is 0 Å². The number of hydrazine groups is 2. The Hall–Kier alpha value is -1.90. The number of benzene rings is 1. The lowest BCUT2D eigenvalue weighted by atomic mass is 10.2. The van der Waals surface area contributed by atoms with Crippen LogP contribution in [0.5, 0.6) is 0 Å². The molecule has 8 heteroatoms. The fourth-order valence-electron chi connectivity index (χ4n) is 2.27. The summed E-state index contributed by atoms with van der Waals surface area (Å²) in [6.07, 6.45) is 1.43. The molecular formula is C14H17N3O4S. The van der Waals surface area contributed by atoms with Crippen molar-refractivity contribution in [1.29, 1.82) is 0 Å². The van der Waals surface area contributed by atoms with E-state index in [1.165, 1.54) is 30.8 Å². The number of nitrogens with one attached hydrogen (secondary N) is 2. The molecule has 0 amide bonds. The summed E-state index contributed by atoms with van der Waals surface area (Å²) in [7, 11) is 0. The minimum atomic E-state index is -1.01. The van der Waals surface area contributed by atoms with E-state index in [9.17, 15) is 14.4 Å². The highest BCUT2D eigenvalue weighted by Crippen LogP contribution is 2.25. The molecule has 1 aromatic rings. The third-order valence-electron chi connectivity index (χ3n) is 3.25. The molecule has 1 aliphatic rings. The van der Waals surface area contributed by atoms with E-state index in [1.807, 2.05) is 0 Å². The van der Waals surface area contributed by atoms with Crippen LogP contribution >= 0.6 is 11.8 Å². The van der Waals surface area contributed by atoms with E-state index >= 15 is 0 Å². The SMILES string of the molecule is CC(=O)S[C@H]1C[C@@H](C=O)N(NNc2cccc(C(=O)O)c2)C1. The second kappa shape index (κ2) is 7.39. The molecule has 7 nitrogen and oxygen atoms in total. The second-order valence-electron chi connectivity index (χ2n) is 4.95. The Kier molecular flexibility index (Phi) is 5.53. The van der Waals surface area contributed by atoms with Gasteiger partial charge in [0, 0.05) is 18.7 Å². The third-order valence-corrected chi connectivity index (χ3v) is 4.25. The van der Waals surface area contributed by atoms with Gasteiger partial charge in [-0.3, -0.25) is 4.79 Å². The Balaban J connectivity index is 1.95. The van der Waals surface area contributed by atoms with Crippen molar-refractivity contribution in [3.8, 4) is 0 Å². The first-order valence-corrected chi connectivity index (χ1v) is 7.61. The van der Waals surface area contributed by atoms with Gasteiger partial charge in [0.1, 0.15) is 6.29 Å². The summed E-state index contributed by atoms with van der Waals surface area (Å²) in [5, 5.41) is 10.7. The van der Waals surface area contributed by atoms with E-state index in [4.69, 9.17) is 5.11 Å². The smallest absolute Gasteiger partial charge is 0.335 e. The molecule has 0 aliphatic carbocycles. The van der Waals surface area contributed by atoms with Crippen LogP contribution < -0.4 is 11.0 Å². The van der Waals surface area contributed by atoms with Crippen molar-refractivity contribution in [3.05, 3.63) is 29.8 Å². The molecule has 1 saturated heterocycles. The number of hydrogen-bond acceptors (Lipinski definition) is 7. The molecule has 0 saturated carbocycles. The first-order chi connectivity index (χ1) is 10.5. The predicted octanol–water partition coefficient (Wildman–Crippen LogP) is 1.14. The van der Waals surface area contributed by atoms with Gasteiger partial charge in [0.25, 0.3) is 0 Å². The van der Waals surface area contributed by atoms with Gasteiger partial charge < -0.3 is 15.3 Å².